The highest BCUT2D eigenvalue weighted by atomic mass is 35.5. The summed E-state index contributed by atoms with van der Waals surface area (Å²) in [6.07, 6.45) is 2.06. The fourth-order valence-corrected chi connectivity index (χ4v) is 1.88. The maximum absolute atomic E-state index is 13.2. The van der Waals surface area contributed by atoms with Crippen LogP contribution in [0.5, 0.6) is 0 Å². The van der Waals surface area contributed by atoms with Gasteiger partial charge in [0, 0.05) is 12.0 Å². The average Bonchev–Trinajstić information content (AvgIpc) is 3.10. The van der Waals surface area contributed by atoms with E-state index in [1.54, 1.807) is 0 Å². The topological polar surface area (TPSA) is 55.1 Å². The Kier molecular flexibility index (Phi) is 3.35. The van der Waals surface area contributed by atoms with Gasteiger partial charge in [-0.3, -0.25) is 4.79 Å². The summed E-state index contributed by atoms with van der Waals surface area (Å²) in [5, 5.41) is 2.61. The zero-order valence-corrected chi connectivity index (χ0v) is 10.1. The Hall–Kier alpha value is -1.13. The van der Waals surface area contributed by atoms with Crippen LogP contribution in [0.2, 0.25) is 5.02 Å². The molecule has 0 bridgehead atoms. The molecule has 3 nitrogen and oxygen atoms in total. The van der Waals surface area contributed by atoms with Crippen LogP contribution < -0.4 is 11.1 Å². The number of hydrogen-bond acceptors (Lipinski definition) is 2. The van der Waals surface area contributed by atoms with Crippen molar-refractivity contribution in [2.45, 2.75) is 12.8 Å². The van der Waals surface area contributed by atoms with Gasteiger partial charge in [0.1, 0.15) is 5.82 Å². The van der Waals surface area contributed by atoms with E-state index in [4.69, 9.17) is 17.3 Å². The lowest BCUT2D eigenvalue weighted by Gasteiger charge is -2.13. The first kappa shape index (κ1) is 12.3. The Balaban J connectivity index is 2.02. The normalized spacial score (nSPS) is 16.6. The Morgan fingerprint density at radius 1 is 1.53 bits per heavy atom. The second-order valence-electron chi connectivity index (χ2n) is 4.49. The zero-order chi connectivity index (χ0) is 12.5. The van der Waals surface area contributed by atoms with Gasteiger partial charge in [-0.05, 0) is 31.5 Å². The van der Waals surface area contributed by atoms with E-state index in [9.17, 15) is 9.18 Å². The van der Waals surface area contributed by atoms with Gasteiger partial charge in [-0.25, -0.2) is 4.39 Å². The highest BCUT2D eigenvalue weighted by Gasteiger charge is 2.41. The minimum atomic E-state index is -0.584. The third-order valence-corrected chi connectivity index (χ3v) is 3.59. The van der Waals surface area contributed by atoms with E-state index in [2.05, 4.69) is 5.32 Å². The Labute approximate surface area is 104 Å². The number of benzene rings is 1. The molecule has 0 unspecified atom stereocenters. The summed E-state index contributed by atoms with van der Waals surface area (Å²) in [7, 11) is 0. The summed E-state index contributed by atoms with van der Waals surface area (Å²) in [6.45, 7) is 1.08. The summed E-state index contributed by atoms with van der Waals surface area (Å²) in [4.78, 5) is 11.8. The largest absolute Gasteiger partial charge is 0.351 e. The molecule has 0 heterocycles. The summed E-state index contributed by atoms with van der Waals surface area (Å²) in [5.74, 6) is -0.937. The van der Waals surface area contributed by atoms with Crippen molar-refractivity contribution in [1.82, 2.24) is 5.32 Å². The smallest absolute Gasteiger partial charge is 0.252 e. The van der Waals surface area contributed by atoms with Crippen LogP contribution in [-0.2, 0) is 0 Å². The first-order chi connectivity index (χ1) is 8.08. The second-order valence-corrected chi connectivity index (χ2v) is 4.87. The maximum atomic E-state index is 13.2. The van der Waals surface area contributed by atoms with Gasteiger partial charge in [0.05, 0.1) is 10.6 Å². The first-order valence-electron chi connectivity index (χ1n) is 5.50. The van der Waals surface area contributed by atoms with Crippen molar-refractivity contribution >= 4 is 17.5 Å². The van der Waals surface area contributed by atoms with Gasteiger partial charge in [0.2, 0.25) is 0 Å². The molecule has 17 heavy (non-hydrogen) atoms. The van der Waals surface area contributed by atoms with Crippen LogP contribution in [0.1, 0.15) is 23.2 Å². The van der Waals surface area contributed by atoms with Crippen LogP contribution in [0.3, 0.4) is 0 Å². The number of nitrogens with one attached hydrogen (secondary N) is 1. The van der Waals surface area contributed by atoms with E-state index >= 15 is 0 Å². The summed E-state index contributed by atoms with van der Waals surface area (Å²) in [6, 6.07) is 4.19. The fraction of sp³-hybridized carbons (Fsp3) is 0.417. The van der Waals surface area contributed by atoms with Gasteiger partial charge in [0.15, 0.2) is 0 Å². The third kappa shape index (κ3) is 2.58. The fourth-order valence-electron chi connectivity index (χ4n) is 1.67. The van der Waals surface area contributed by atoms with E-state index in [-0.39, 0.29) is 21.9 Å². The van der Waals surface area contributed by atoms with Gasteiger partial charge in [0.25, 0.3) is 5.91 Å². The number of hydrogen-bond donors (Lipinski definition) is 2. The second kappa shape index (κ2) is 4.63. The lowest BCUT2D eigenvalue weighted by Crippen LogP contribution is -2.34. The molecule has 3 N–H and O–H groups in total. The Morgan fingerprint density at radius 2 is 2.24 bits per heavy atom. The van der Waals surface area contributed by atoms with Crippen LogP contribution in [0.4, 0.5) is 4.39 Å². The molecule has 1 saturated carbocycles. The van der Waals surface area contributed by atoms with Crippen molar-refractivity contribution in [3.8, 4) is 0 Å². The molecular weight excluding hydrogens is 243 g/mol. The number of rotatable bonds is 4. The number of halogens is 2. The van der Waals surface area contributed by atoms with E-state index in [0.717, 1.165) is 12.8 Å². The van der Waals surface area contributed by atoms with Gasteiger partial charge >= 0.3 is 0 Å². The molecule has 1 aromatic carbocycles. The quantitative estimate of drug-likeness (QED) is 0.865. The summed E-state index contributed by atoms with van der Waals surface area (Å²) >= 11 is 5.73. The van der Waals surface area contributed by atoms with Gasteiger partial charge in [-0.2, -0.15) is 0 Å². The number of carbonyl (C=O) groups excluding carboxylic acids is 1. The van der Waals surface area contributed by atoms with Crippen molar-refractivity contribution in [3.05, 3.63) is 34.6 Å². The lowest BCUT2D eigenvalue weighted by molar-refractivity contribution is 0.0945. The van der Waals surface area contributed by atoms with Gasteiger partial charge < -0.3 is 11.1 Å². The predicted octanol–water partition coefficient (Wildman–Crippen LogP) is 1.95. The molecule has 0 saturated heterocycles. The molecule has 0 spiro atoms. The SMILES string of the molecule is NCC1(CNC(=O)c2cccc(F)c2Cl)CC1. The van der Waals surface area contributed by atoms with E-state index in [1.807, 2.05) is 0 Å². The lowest BCUT2D eigenvalue weighted by atomic mass is 10.1. The molecule has 0 atom stereocenters. The Morgan fingerprint density at radius 3 is 2.82 bits per heavy atom. The molecular formula is C12H14ClFN2O. The number of amides is 1. The van der Waals surface area contributed by atoms with Crippen LogP contribution in [0, 0.1) is 11.2 Å². The van der Waals surface area contributed by atoms with Crippen molar-refractivity contribution in [3.63, 3.8) is 0 Å². The summed E-state index contributed by atoms with van der Waals surface area (Å²) in [5.41, 5.74) is 5.83. The molecule has 5 heteroatoms. The van der Waals surface area contributed by atoms with Crippen molar-refractivity contribution in [1.29, 1.82) is 0 Å². The highest BCUT2D eigenvalue weighted by Crippen LogP contribution is 2.43. The van der Waals surface area contributed by atoms with Gasteiger partial charge in [-0.1, -0.05) is 17.7 Å². The van der Waals surface area contributed by atoms with Crippen molar-refractivity contribution in [2.75, 3.05) is 13.1 Å². The molecule has 0 aromatic heterocycles. The first-order valence-corrected chi connectivity index (χ1v) is 5.88. The Bertz CT molecular complexity index is 446. The molecule has 0 radical (unpaired) electrons. The van der Waals surface area contributed by atoms with Crippen LogP contribution in [0.25, 0.3) is 0 Å². The molecule has 1 aromatic rings. The maximum Gasteiger partial charge on any atom is 0.252 e. The highest BCUT2D eigenvalue weighted by molar-refractivity contribution is 6.34. The van der Waals surface area contributed by atoms with Crippen LogP contribution in [0.15, 0.2) is 18.2 Å². The molecule has 1 aliphatic rings. The molecule has 1 aliphatic carbocycles. The molecule has 92 valence electrons. The van der Waals surface area contributed by atoms with Gasteiger partial charge in [-0.15, -0.1) is 0 Å². The standard InChI is InChI=1S/C12H14ClFN2O/c13-10-8(2-1-3-9(10)14)11(17)16-7-12(6-15)4-5-12/h1-3H,4-7,15H2,(H,16,17). The van der Waals surface area contributed by atoms with E-state index in [1.165, 1.54) is 18.2 Å². The predicted molar refractivity (Wildman–Crippen MR) is 64.5 cm³/mol. The van der Waals surface area contributed by atoms with Crippen LogP contribution in [-0.4, -0.2) is 19.0 Å². The van der Waals surface area contributed by atoms with Crippen LogP contribution >= 0.6 is 11.6 Å². The third-order valence-electron chi connectivity index (χ3n) is 3.21. The minimum absolute atomic E-state index is 0.0511. The van der Waals surface area contributed by atoms with Crippen molar-refractivity contribution in [2.24, 2.45) is 11.1 Å². The monoisotopic (exact) mass is 256 g/mol. The number of nitrogens with two attached hydrogens (primary N) is 1. The van der Waals surface area contributed by atoms with E-state index in [0.29, 0.717) is 13.1 Å². The molecule has 1 amide bonds. The average molecular weight is 257 g/mol. The van der Waals surface area contributed by atoms with E-state index < -0.39 is 5.82 Å². The van der Waals surface area contributed by atoms with Crippen molar-refractivity contribution < 1.29 is 9.18 Å². The molecule has 1 fully saturated rings. The zero-order valence-electron chi connectivity index (χ0n) is 9.30. The molecule has 2 rings (SSSR count). The number of carbonyl (C=O) groups is 1. The minimum Gasteiger partial charge on any atom is -0.351 e. The molecule has 0 aliphatic heterocycles. The summed E-state index contributed by atoms with van der Waals surface area (Å²) < 4.78 is 13.2.